The minimum atomic E-state index is -0.229. The summed E-state index contributed by atoms with van der Waals surface area (Å²) in [5.41, 5.74) is 5.75. The average Bonchev–Trinajstić information content (AvgIpc) is 3.39. The van der Waals surface area contributed by atoms with E-state index in [1.54, 1.807) is 6.08 Å². The summed E-state index contributed by atoms with van der Waals surface area (Å²) in [6.45, 7) is 12.4. The van der Waals surface area contributed by atoms with Gasteiger partial charge in [0.2, 0.25) is 0 Å². The van der Waals surface area contributed by atoms with Gasteiger partial charge in [0.1, 0.15) is 5.69 Å². The highest BCUT2D eigenvalue weighted by atomic mass is 32.1. The van der Waals surface area contributed by atoms with Gasteiger partial charge in [-0.15, -0.1) is 6.58 Å². The Balaban J connectivity index is 1.66. The van der Waals surface area contributed by atoms with Gasteiger partial charge in [0.25, 0.3) is 5.91 Å². The first-order chi connectivity index (χ1) is 14.3. The van der Waals surface area contributed by atoms with Crippen molar-refractivity contribution < 1.29 is 4.79 Å². The van der Waals surface area contributed by atoms with E-state index in [1.807, 2.05) is 17.6 Å². The van der Waals surface area contributed by atoms with Crippen LogP contribution < -0.4 is 5.32 Å². The second-order valence-electron chi connectivity index (χ2n) is 7.25. The number of hydrogen-bond donors (Lipinski definition) is 3. The fourth-order valence-electron chi connectivity index (χ4n) is 3.50. The molecule has 9 heteroatoms. The Morgan fingerprint density at radius 2 is 2.07 bits per heavy atom. The van der Waals surface area contributed by atoms with E-state index in [9.17, 15) is 4.79 Å². The number of carbonyl (C=O) groups is 1. The highest BCUT2D eigenvalue weighted by molar-refractivity contribution is 7.71. The number of H-pyrrole nitrogens is 2. The molecule has 0 radical (unpaired) electrons. The molecule has 1 aromatic carbocycles. The highest BCUT2D eigenvalue weighted by Crippen LogP contribution is 2.32. The number of benzene rings is 1. The van der Waals surface area contributed by atoms with Crippen molar-refractivity contribution >= 4 is 45.5 Å². The van der Waals surface area contributed by atoms with Crippen molar-refractivity contribution in [2.75, 3.05) is 5.32 Å². The maximum atomic E-state index is 12.9. The first kappa shape index (κ1) is 20.2. The maximum absolute atomic E-state index is 12.9. The number of anilines is 1. The summed E-state index contributed by atoms with van der Waals surface area (Å²) in [5.74, 6) is 0.454. The molecule has 0 aliphatic carbocycles. The van der Waals surface area contributed by atoms with Crippen molar-refractivity contribution in [2.24, 2.45) is 0 Å². The van der Waals surface area contributed by atoms with Crippen LogP contribution in [0.3, 0.4) is 0 Å². The fourth-order valence-corrected chi connectivity index (χ4v) is 4.67. The zero-order valence-corrected chi connectivity index (χ0v) is 18.8. The Hall–Kier alpha value is -3.04. The van der Waals surface area contributed by atoms with Crippen LogP contribution in [0.2, 0.25) is 0 Å². The monoisotopic (exact) mass is 438 g/mol. The minimum absolute atomic E-state index is 0.229. The number of aromatic amines is 2. The van der Waals surface area contributed by atoms with Gasteiger partial charge in [-0.25, -0.2) is 4.98 Å². The van der Waals surface area contributed by atoms with Crippen molar-refractivity contribution in [2.45, 2.75) is 34.2 Å². The molecule has 0 saturated carbocycles. The van der Waals surface area contributed by atoms with Gasteiger partial charge in [-0.1, -0.05) is 23.5 Å². The Morgan fingerprint density at radius 3 is 2.80 bits per heavy atom. The van der Waals surface area contributed by atoms with E-state index >= 15 is 0 Å². The predicted molar refractivity (Wildman–Crippen MR) is 124 cm³/mol. The van der Waals surface area contributed by atoms with Crippen molar-refractivity contribution in [1.29, 1.82) is 0 Å². The van der Waals surface area contributed by atoms with Gasteiger partial charge in [0, 0.05) is 17.4 Å². The van der Waals surface area contributed by atoms with Crippen molar-refractivity contribution in [3.05, 3.63) is 57.6 Å². The first-order valence-electron chi connectivity index (χ1n) is 9.45. The van der Waals surface area contributed by atoms with Gasteiger partial charge in [-0.3, -0.25) is 19.8 Å². The van der Waals surface area contributed by atoms with Gasteiger partial charge in [-0.2, -0.15) is 5.10 Å². The van der Waals surface area contributed by atoms with Crippen LogP contribution in [0.5, 0.6) is 0 Å². The third kappa shape index (κ3) is 3.40. The summed E-state index contributed by atoms with van der Waals surface area (Å²) in [4.78, 5) is 21.5. The van der Waals surface area contributed by atoms with E-state index < -0.39 is 0 Å². The van der Waals surface area contributed by atoms with Crippen LogP contribution >= 0.6 is 23.6 Å². The molecule has 4 rings (SSSR count). The summed E-state index contributed by atoms with van der Waals surface area (Å²) in [7, 11) is 0. The molecular weight excluding hydrogens is 416 g/mol. The summed E-state index contributed by atoms with van der Waals surface area (Å²) in [5, 5.41) is 11.6. The number of fused-ring (bicyclic) bond motifs is 1. The normalized spacial score (nSPS) is 11.2. The van der Waals surface area contributed by atoms with Crippen LogP contribution in [0, 0.1) is 32.5 Å². The number of rotatable bonds is 5. The molecule has 0 unspecified atom stereocenters. The smallest absolute Gasteiger partial charge is 0.273 e. The lowest BCUT2D eigenvalue weighted by Gasteiger charge is -2.04. The summed E-state index contributed by atoms with van der Waals surface area (Å²) in [6.07, 6.45) is 1.76. The number of aromatic nitrogens is 5. The van der Waals surface area contributed by atoms with E-state index in [2.05, 4.69) is 58.9 Å². The number of thiazole rings is 1. The molecule has 0 saturated heterocycles. The highest BCUT2D eigenvalue weighted by Gasteiger charge is 2.19. The summed E-state index contributed by atoms with van der Waals surface area (Å²) in [6, 6.07) is 4.03. The molecule has 7 nitrogen and oxygen atoms in total. The first-order valence-corrected chi connectivity index (χ1v) is 10.7. The third-order valence-corrected chi connectivity index (χ3v) is 6.56. The van der Waals surface area contributed by atoms with E-state index in [0.717, 1.165) is 32.6 Å². The molecule has 0 fully saturated rings. The van der Waals surface area contributed by atoms with Crippen molar-refractivity contribution in [3.8, 4) is 10.7 Å². The molecular formula is C21H22N6OS2. The minimum Gasteiger partial charge on any atom is -0.350 e. The lowest BCUT2D eigenvalue weighted by molar-refractivity contribution is 0.102. The molecule has 1 amide bonds. The van der Waals surface area contributed by atoms with E-state index in [-0.39, 0.29) is 5.91 Å². The van der Waals surface area contributed by atoms with Crippen LogP contribution in [-0.2, 0) is 6.54 Å². The Morgan fingerprint density at radius 1 is 1.30 bits per heavy atom. The molecule has 0 atom stereocenters. The number of hydrogen-bond acceptors (Lipinski definition) is 5. The molecule has 0 aliphatic rings. The second-order valence-corrected chi connectivity index (χ2v) is 8.63. The summed E-state index contributed by atoms with van der Waals surface area (Å²) >= 11 is 6.65. The van der Waals surface area contributed by atoms with Crippen LogP contribution in [-0.4, -0.2) is 30.6 Å². The number of carbonyl (C=O) groups excluding carboxylic acids is 1. The number of aryl methyl sites for hydroxylation is 4. The number of nitrogens with zero attached hydrogens (tertiary/aromatic N) is 3. The number of amides is 1. The lowest BCUT2D eigenvalue weighted by atomic mass is 10.0. The van der Waals surface area contributed by atoms with Gasteiger partial charge in [-0.05, 0) is 62.7 Å². The van der Waals surface area contributed by atoms with Gasteiger partial charge in [0.05, 0.1) is 10.6 Å². The van der Waals surface area contributed by atoms with Gasteiger partial charge in [0.15, 0.2) is 15.7 Å². The maximum Gasteiger partial charge on any atom is 0.273 e. The molecule has 0 aliphatic heterocycles. The molecule has 3 aromatic heterocycles. The average molecular weight is 439 g/mol. The Bertz CT molecular complexity index is 1350. The second kappa shape index (κ2) is 7.66. The van der Waals surface area contributed by atoms with E-state index in [4.69, 9.17) is 12.2 Å². The topological polar surface area (TPSA) is 91.4 Å². The van der Waals surface area contributed by atoms with Crippen molar-refractivity contribution in [1.82, 2.24) is 24.7 Å². The largest absolute Gasteiger partial charge is 0.350 e. The number of allylic oxidation sites excluding steroid dienone is 1. The Labute approximate surface area is 182 Å². The van der Waals surface area contributed by atoms with Crippen LogP contribution in [0.25, 0.3) is 21.6 Å². The third-order valence-electron chi connectivity index (χ3n) is 5.18. The van der Waals surface area contributed by atoms with Crippen LogP contribution in [0.4, 0.5) is 5.13 Å². The van der Waals surface area contributed by atoms with Gasteiger partial charge >= 0.3 is 0 Å². The van der Waals surface area contributed by atoms with Crippen molar-refractivity contribution in [3.63, 3.8) is 0 Å². The summed E-state index contributed by atoms with van der Waals surface area (Å²) < 4.78 is 2.36. The van der Waals surface area contributed by atoms with E-state index in [0.29, 0.717) is 28.0 Å². The lowest BCUT2D eigenvalue weighted by Crippen LogP contribution is -2.11. The number of nitrogens with one attached hydrogen (secondary N) is 3. The van der Waals surface area contributed by atoms with Crippen LogP contribution in [0.15, 0.2) is 24.8 Å². The van der Waals surface area contributed by atoms with Crippen LogP contribution in [0.1, 0.15) is 32.9 Å². The molecule has 3 heterocycles. The molecule has 0 spiro atoms. The molecule has 0 bridgehead atoms. The van der Waals surface area contributed by atoms with Gasteiger partial charge < -0.3 is 4.98 Å². The molecule has 154 valence electrons. The molecule has 30 heavy (non-hydrogen) atoms. The van der Waals surface area contributed by atoms with E-state index in [1.165, 1.54) is 16.9 Å². The molecule has 3 N–H and O–H groups in total. The predicted octanol–water partition coefficient (Wildman–Crippen LogP) is 5.22. The standard InChI is InChI=1S/C21H22N6OS2/c1-6-7-27-18(25-26-21(27)29)17-13(5)22-20(30-17)24-19(28)15-9-14-11(3)8-10(2)12(4)16(14)23-15/h6,8-9,23H,1,7H2,2-5H3,(H,26,29)(H,22,24,28). The SMILES string of the molecule is C=CCn1c(-c2sc(NC(=O)c3cc4c(C)cc(C)c(C)c4[nH]3)nc2C)n[nH]c1=S. The Kier molecular flexibility index (Phi) is 5.17. The molecule has 4 aromatic rings. The quantitative estimate of drug-likeness (QED) is 0.294. The zero-order chi connectivity index (χ0) is 21.6. The fraction of sp³-hybridized carbons (Fsp3) is 0.238. The zero-order valence-electron chi connectivity index (χ0n) is 17.2.